The number of carbonyl (C=O) groups excluding carboxylic acids is 1. The maximum atomic E-state index is 11.3. The standard InChI is InChI=1S/C14H21N3O2/c1-10-7-17(8-11(2)19-10)9-12-3-5-13(6-4-12)14(18)16-15/h3-6,10-11H,7-9,15H2,1-2H3,(H,16,18). The molecule has 0 bridgehead atoms. The summed E-state index contributed by atoms with van der Waals surface area (Å²) in [5.41, 5.74) is 3.90. The number of carbonyl (C=O) groups is 1. The van der Waals surface area contributed by atoms with E-state index in [4.69, 9.17) is 10.6 Å². The topological polar surface area (TPSA) is 67.6 Å². The molecule has 104 valence electrons. The van der Waals surface area contributed by atoms with E-state index in [1.165, 1.54) is 5.56 Å². The highest BCUT2D eigenvalue weighted by Gasteiger charge is 2.21. The Kier molecular flexibility index (Phi) is 4.52. The van der Waals surface area contributed by atoms with Gasteiger partial charge in [-0.3, -0.25) is 15.1 Å². The zero-order chi connectivity index (χ0) is 13.8. The SMILES string of the molecule is CC1CN(Cc2ccc(C(=O)NN)cc2)CC(C)O1. The van der Waals surface area contributed by atoms with E-state index in [2.05, 4.69) is 24.2 Å². The van der Waals surface area contributed by atoms with Gasteiger partial charge in [-0.15, -0.1) is 0 Å². The third-order valence-electron chi connectivity index (χ3n) is 3.25. The zero-order valence-electron chi connectivity index (χ0n) is 11.4. The van der Waals surface area contributed by atoms with Crippen LogP contribution in [0.3, 0.4) is 0 Å². The predicted molar refractivity (Wildman–Crippen MR) is 73.4 cm³/mol. The van der Waals surface area contributed by atoms with Crippen LogP contribution in [0, 0.1) is 0 Å². The lowest BCUT2D eigenvalue weighted by atomic mass is 10.1. The Hall–Kier alpha value is -1.43. The molecule has 2 unspecified atom stereocenters. The van der Waals surface area contributed by atoms with Gasteiger partial charge < -0.3 is 4.74 Å². The second-order valence-electron chi connectivity index (χ2n) is 5.12. The van der Waals surface area contributed by atoms with Gasteiger partial charge in [-0.05, 0) is 31.5 Å². The van der Waals surface area contributed by atoms with Crippen LogP contribution in [-0.2, 0) is 11.3 Å². The van der Waals surface area contributed by atoms with Crippen molar-refractivity contribution in [1.29, 1.82) is 0 Å². The van der Waals surface area contributed by atoms with E-state index in [1.54, 1.807) is 12.1 Å². The Bertz CT molecular complexity index is 423. The Morgan fingerprint density at radius 1 is 1.32 bits per heavy atom. The summed E-state index contributed by atoms with van der Waals surface area (Å²) in [5, 5.41) is 0. The van der Waals surface area contributed by atoms with Crippen LogP contribution in [0.15, 0.2) is 24.3 Å². The first-order valence-corrected chi connectivity index (χ1v) is 6.56. The van der Waals surface area contributed by atoms with E-state index in [-0.39, 0.29) is 18.1 Å². The number of benzene rings is 1. The van der Waals surface area contributed by atoms with Crippen LogP contribution in [0.25, 0.3) is 0 Å². The highest BCUT2D eigenvalue weighted by molar-refractivity contribution is 5.93. The molecule has 1 aromatic rings. The van der Waals surface area contributed by atoms with Crippen molar-refractivity contribution in [1.82, 2.24) is 10.3 Å². The molecular weight excluding hydrogens is 242 g/mol. The van der Waals surface area contributed by atoms with Gasteiger partial charge in [0.25, 0.3) is 5.91 Å². The van der Waals surface area contributed by atoms with Crippen LogP contribution in [0.5, 0.6) is 0 Å². The number of nitrogen functional groups attached to an aromatic ring is 1. The van der Waals surface area contributed by atoms with Gasteiger partial charge in [0.05, 0.1) is 12.2 Å². The molecule has 1 heterocycles. The molecule has 2 atom stereocenters. The van der Waals surface area contributed by atoms with E-state index in [0.29, 0.717) is 5.56 Å². The Balaban J connectivity index is 1.97. The fourth-order valence-electron chi connectivity index (χ4n) is 2.52. The first-order chi connectivity index (χ1) is 9.08. The van der Waals surface area contributed by atoms with E-state index in [1.807, 2.05) is 12.1 Å². The van der Waals surface area contributed by atoms with Gasteiger partial charge in [0, 0.05) is 25.2 Å². The number of nitrogens with two attached hydrogens (primary N) is 1. The number of hydrogen-bond acceptors (Lipinski definition) is 4. The van der Waals surface area contributed by atoms with Crippen LogP contribution >= 0.6 is 0 Å². The lowest BCUT2D eigenvalue weighted by molar-refractivity contribution is -0.0704. The molecule has 0 spiro atoms. The number of amides is 1. The van der Waals surface area contributed by atoms with Crippen molar-refractivity contribution in [3.8, 4) is 0 Å². The van der Waals surface area contributed by atoms with E-state index in [0.717, 1.165) is 19.6 Å². The van der Waals surface area contributed by atoms with Gasteiger partial charge in [0.1, 0.15) is 0 Å². The number of morpholine rings is 1. The minimum absolute atomic E-state index is 0.264. The lowest BCUT2D eigenvalue weighted by Crippen LogP contribution is -2.44. The number of nitrogens with zero attached hydrogens (tertiary/aromatic N) is 1. The van der Waals surface area contributed by atoms with Crippen molar-refractivity contribution in [2.45, 2.75) is 32.6 Å². The van der Waals surface area contributed by atoms with Crippen molar-refractivity contribution in [2.75, 3.05) is 13.1 Å². The minimum Gasteiger partial charge on any atom is -0.373 e. The third kappa shape index (κ3) is 3.76. The third-order valence-corrected chi connectivity index (χ3v) is 3.25. The lowest BCUT2D eigenvalue weighted by Gasteiger charge is -2.35. The molecule has 0 saturated carbocycles. The Morgan fingerprint density at radius 2 is 1.89 bits per heavy atom. The quantitative estimate of drug-likeness (QED) is 0.483. The van der Waals surface area contributed by atoms with E-state index in [9.17, 15) is 4.79 Å². The normalized spacial score (nSPS) is 24.2. The molecule has 0 radical (unpaired) electrons. The molecule has 19 heavy (non-hydrogen) atoms. The Labute approximate surface area is 113 Å². The Morgan fingerprint density at radius 3 is 2.42 bits per heavy atom. The molecule has 0 aliphatic carbocycles. The van der Waals surface area contributed by atoms with Crippen molar-refractivity contribution < 1.29 is 9.53 Å². The van der Waals surface area contributed by atoms with Crippen LogP contribution in [0.4, 0.5) is 0 Å². The van der Waals surface area contributed by atoms with Gasteiger partial charge in [-0.2, -0.15) is 0 Å². The predicted octanol–water partition coefficient (Wildman–Crippen LogP) is 0.899. The summed E-state index contributed by atoms with van der Waals surface area (Å²) in [6.45, 7) is 6.95. The molecule has 0 aromatic heterocycles. The molecule has 1 aliphatic heterocycles. The molecule has 5 heteroatoms. The summed E-state index contributed by atoms with van der Waals surface area (Å²) < 4.78 is 5.71. The summed E-state index contributed by atoms with van der Waals surface area (Å²) in [6, 6.07) is 7.53. The summed E-state index contributed by atoms with van der Waals surface area (Å²) in [5.74, 6) is 4.84. The molecule has 2 rings (SSSR count). The van der Waals surface area contributed by atoms with Gasteiger partial charge in [0.2, 0.25) is 0 Å². The fourth-order valence-corrected chi connectivity index (χ4v) is 2.52. The number of hydrazine groups is 1. The second kappa shape index (κ2) is 6.14. The summed E-state index contributed by atoms with van der Waals surface area (Å²) in [4.78, 5) is 13.7. The number of rotatable bonds is 3. The molecule has 1 saturated heterocycles. The molecule has 1 aliphatic rings. The first-order valence-electron chi connectivity index (χ1n) is 6.56. The number of ether oxygens (including phenoxy) is 1. The first kappa shape index (κ1) is 14.0. The summed E-state index contributed by atoms with van der Waals surface area (Å²) in [6.07, 6.45) is 0.539. The minimum atomic E-state index is -0.264. The van der Waals surface area contributed by atoms with Crippen molar-refractivity contribution >= 4 is 5.91 Å². The van der Waals surface area contributed by atoms with E-state index < -0.39 is 0 Å². The van der Waals surface area contributed by atoms with Crippen LogP contribution in [0.2, 0.25) is 0 Å². The van der Waals surface area contributed by atoms with Gasteiger partial charge in [-0.25, -0.2) is 5.84 Å². The average molecular weight is 263 g/mol. The fraction of sp³-hybridized carbons (Fsp3) is 0.500. The molecule has 1 fully saturated rings. The molecule has 3 N–H and O–H groups in total. The average Bonchev–Trinajstić information content (AvgIpc) is 2.37. The van der Waals surface area contributed by atoms with Crippen LogP contribution in [-0.4, -0.2) is 36.1 Å². The maximum Gasteiger partial charge on any atom is 0.265 e. The van der Waals surface area contributed by atoms with Crippen molar-refractivity contribution in [3.63, 3.8) is 0 Å². The highest BCUT2D eigenvalue weighted by Crippen LogP contribution is 2.14. The van der Waals surface area contributed by atoms with Crippen LogP contribution in [0.1, 0.15) is 29.8 Å². The highest BCUT2D eigenvalue weighted by atomic mass is 16.5. The van der Waals surface area contributed by atoms with Crippen molar-refractivity contribution in [3.05, 3.63) is 35.4 Å². The van der Waals surface area contributed by atoms with Crippen molar-refractivity contribution in [2.24, 2.45) is 5.84 Å². The second-order valence-corrected chi connectivity index (χ2v) is 5.12. The molecule has 5 nitrogen and oxygen atoms in total. The van der Waals surface area contributed by atoms with Gasteiger partial charge in [0.15, 0.2) is 0 Å². The maximum absolute atomic E-state index is 11.3. The summed E-state index contributed by atoms with van der Waals surface area (Å²) in [7, 11) is 0. The smallest absolute Gasteiger partial charge is 0.265 e. The van der Waals surface area contributed by atoms with Gasteiger partial charge >= 0.3 is 0 Å². The number of nitrogens with one attached hydrogen (secondary N) is 1. The summed E-state index contributed by atoms with van der Waals surface area (Å²) >= 11 is 0. The van der Waals surface area contributed by atoms with Crippen LogP contribution < -0.4 is 11.3 Å². The largest absolute Gasteiger partial charge is 0.373 e. The van der Waals surface area contributed by atoms with Gasteiger partial charge in [-0.1, -0.05) is 12.1 Å². The zero-order valence-corrected chi connectivity index (χ0v) is 11.4. The molecular formula is C14H21N3O2. The monoisotopic (exact) mass is 263 g/mol. The van der Waals surface area contributed by atoms with E-state index >= 15 is 0 Å². The molecule has 1 aromatic carbocycles. The number of hydrogen-bond donors (Lipinski definition) is 2. The molecule has 1 amide bonds.